The van der Waals surface area contributed by atoms with Crippen LogP contribution in [0, 0.1) is 25.6 Å². The minimum Gasteiger partial charge on any atom is -0.477 e. The number of amides is 1. The van der Waals surface area contributed by atoms with Gasteiger partial charge in [0.2, 0.25) is 5.88 Å². The maximum Gasteiger partial charge on any atom is 0.273 e. The molecule has 8 nitrogen and oxygen atoms in total. The highest BCUT2D eigenvalue weighted by molar-refractivity contribution is 5.98. The maximum atomic E-state index is 13.6. The second-order valence-electron chi connectivity index (χ2n) is 8.13. The Kier molecular flexibility index (Phi) is 4.88. The highest BCUT2D eigenvalue weighted by Crippen LogP contribution is 2.43. The average Bonchev–Trinajstić information content (AvgIpc) is 3.47. The summed E-state index contributed by atoms with van der Waals surface area (Å²) in [4.78, 5) is 28.3. The Morgan fingerprint density at radius 2 is 2.10 bits per heavy atom. The molecule has 2 saturated heterocycles. The van der Waals surface area contributed by atoms with E-state index in [0.29, 0.717) is 35.5 Å². The van der Waals surface area contributed by atoms with Crippen molar-refractivity contribution in [3.8, 4) is 17.3 Å². The minimum atomic E-state index is -0.401. The van der Waals surface area contributed by atoms with Crippen LogP contribution in [0.3, 0.4) is 0 Å². The number of pyridine rings is 2. The molecule has 0 aliphatic carbocycles. The van der Waals surface area contributed by atoms with Crippen molar-refractivity contribution in [3.05, 3.63) is 53.5 Å². The third-order valence-electron chi connectivity index (χ3n) is 6.04. The SMILES string of the molecule is Cc1ccc(-c2nc(C)no2)c(C(=O)N2C3CCC2C(COc2ccc(F)cn2)C3)n1. The summed E-state index contributed by atoms with van der Waals surface area (Å²) in [5, 5.41) is 3.84. The van der Waals surface area contributed by atoms with E-state index in [9.17, 15) is 9.18 Å². The number of aromatic nitrogens is 4. The smallest absolute Gasteiger partial charge is 0.273 e. The van der Waals surface area contributed by atoms with Crippen LogP contribution in [0.5, 0.6) is 5.88 Å². The molecule has 3 unspecified atom stereocenters. The second-order valence-corrected chi connectivity index (χ2v) is 8.13. The maximum absolute atomic E-state index is 13.6. The predicted octanol–water partition coefficient (Wildman–Crippen LogP) is 3.35. The molecule has 9 heteroatoms. The normalized spacial score (nSPS) is 22.2. The molecule has 3 atom stereocenters. The summed E-state index contributed by atoms with van der Waals surface area (Å²) >= 11 is 0. The Labute approximate surface area is 178 Å². The van der Waals surface area contributed by atoms with Gasteiger partial charge in [0.1, 0.15) is 11.5 Å². The molecule has 3 aromatic heterocycles. The van der Waals surface area contributed by atoms with E-state index in [1.54, 1.807) is 13.0 Å². The molecule has 0 N–H and O–H groups in total. The van der Waals surface area contributed by atoms with Gasteiger partial charge in [-0.25, -0.2) is 14.4 Å². The van der Waals surface area contributed by atoms with Crippen LogP contribution in [-0.2, 0) is 0 Å². The Morgan fingerprint density at radius 1 is 1.23 bits per heavy atom. The van der Waals surface area contributed by atoms with Crippen molar-refractivity contribution in [1.29, 1.82) is 0 Å². The zero-order valence-electron chi connectivity index (χ0n) is 17.3. The second kappa shape index (κ2) is 7.72. The van der Waals surface area contributed by atoms with Gasteiger partial charge in [-0.05, 0) is 51.3 Å². The van der Waals surface area contributed by atoms with E-state index in [0.717, 1.165) is 31.2 Å². The summed E-state index contributed by atoms with van der Waals surface area (Å²) in [5.74, 6) is 0.848. The van der Waals surface area contributed by atoms with Crippen LogP contribution < -0.4 is 4.74 Å². The Morgan fingerprint density at radius 3 is 2.84 bits per heavy atom. The zero-order valence-corrected chi connectivity index (χ0v) is 17.3. The van der Waals surface area contributed by atoms with Crippen LogP contribution in [0.15, 0.2) is 35.0 Å². The number of halogens is 1. The Balaban J connectivity index is 1.37. The van der Waals surface area contributed by atoms with Crippen LogP contribution in [0.1, 0.15) is 41.3 Å². The van der Waals surface area contributed by atoms with Crippen LogP contribution >= 0.6 is 0 Å². The fourth-order valence-corrected chi connectivity index (χ4v) is 4.67. The van der Waals surface area contributed by atoms with Crippen molar-refractivity contribution in [2.24, 2.45) is 5.92 Å². The number of rotatable bonds is 5. The molecule has 0 radical (unpaired) electrons. The van der Waals surface area contributed by atoms with Gasteiger partial charge in [-0.2, -0.15) is 4.98 Å². The first kappa shape index (κ1) is 19.6. The zero-order chi connectivity index (χ0) is 21.5. The number of carbonyl (C=O) groups is 1. The molecule has 3 aromatic rings. The third-order valence-corrected chi connectivity index (χ3v) is 6.04. The molecule has 2 fully saturated rings. The number of nitrogens with zero attached hydrogens (tertiary/aromatic N) is 5. The fraction of sp³-hybridized carbons (Fsp3) is 0.409. The predicted molar refractivity (Wildman–Crippen MR) is 108 cm³/mol. The van der Waals surface area contributed by atoms with Crippen molar-refractivity contribution in [3.63, 3.8) is 0 Å². The van der Waals surface area contributed by atoms with Crippen LogP contribution in [0.2, 0.25) is 0 Å². The molecule has 0 aromatic carbocycles. The molecule has 2 aliphatic heterocycles. The van der Waals surface area contributed by atoms with Gasteiger partial charge in [0, 0.05) is 29.8 Å². The van der Waals surface area contributed by atoms with Crippen LogP contribution in [0.4, 0.5) is 4.39 Å². The first-order valence-corrected chi connectivity index (χ1v) is 10.3. The summed E-state index contributed by atoms with van der Waals surface area (Å²) in [5.41, 5.74) is 1.63. The van der Waals surface area contributed by atoms with Crippen molar-refractivity contribution >= 4 is 5.91 Å². The van der Waals surface area contributed by atoms with Gasteiger partial charge < -0.3 is 14.2 Å². The van der Waals surface area contributed by atoms with Gasteiger partial charge in [0.15, 0.2) is 5.82 Å². The lowest BCUT2D eigenvalue weighted by atomic mass is 9.90. The molecule has 0 saturated carbocycles. The number of hydrogen-bond acceptors (Lipinski definition) is 7. The molecule has 160 valence electrons. The van der Waals surface area contributed by atoms with E-state index in [1.807, 2.05) is 17.9 Å². The lowest BCUT2D eigenvalue weighted by Gasteiger charge is -2.25. The first-order valence-electron chi connectivity index (χ1n) is 10.3. The molecule has 0 spiro atoms. The summed E-state index contributed by atoms with van der Waals surface area (Å²) < 4.78 is 24.1. The minimum absolute atomic E-state index is 0.0672. The van der Waals surface area contributed by atoms with E-state index in [2.05, 4.69) is 20.1 Å². The highest BCUT2D eigenvalue weighted by Gasteiger charge is 2.49. The third kappa shape index (κ3) is 3.64. The molecule has 5 heterocycles. The standard InChI is InChI=1S/C22H22FN5O3/c1-12-3-6-17(21-26-13(2)27-31-21)20(25-12)22(29)28-16-5-7-18(28)14(9-16)11-30-19-8-4-15(23)10-24-19/h3-4,6,8,10,14,16,18H,5,7,9,11H2,1-2H3. The van der Waals surface area contributed by atoms with Gasteiger partial charge in [-0.15, -0.1) is 0 Å². The van der Waals surface area contributed by atoms with Gasteiger partial charge >= 0.3 is 0 Å². The summed E-state index contributed by atoms with van der Waals surface area (Å²) in [6.07, 6.45) is 3.87. The topological polar surface area (TPSA) is 94.2 Å². The van der Waals surface area contributed by atoms with Gasteiger partial charge in [-0.3, -0.25) is 4.79 Å². The molecule has 2 aliphatic rings. The van der Waals surface area contributed by atoms with Gasteiger partial charge in [0.05, 0.1) is 18.4 Å². The van der Waals surface area contributed by atoms with Gasteiger partial charge in [0.25, 0.3) is 11.8 Å². The molecule has 2 bridgehead atoms. The summed E-state index contributed by atoms with van der Waals surface area (Å²) in [6.45, 7) is 4.02. The quantitative estimate of drug-likeness (QED) is 0.621. The van der Waals surface area contributed by atoms with Crippen molar-refractivity contribution in [2.45, 2.75) is 45.2 Å². The first-order chi connectivity index (χ1) is 15.0. The van der Waals surface area contributed by atoms with Gasteiger partial charge in [-0.1, -0.05) is 5.16 Å². The highest BCUT2D eigenvalue weighted by atomic mass is 19.1. The summed E-state index contributed by atoms with van der Waals surface area (Å²) in [6, 6.07) is 6.69. The number of hydrogen-bond donors (Lipinski definition) is 0. The van der Waals surface area contributed by atoms with E-state index in [4.69, 9.17) is 9.26 Å². The number of aryl methyl sites for hydroxylation is 2. The largest absolute Gasteiger partial charge is 0.477 e. The number of carbonyl (C=O) groups excluding carboxylic acids is 1. The van der Waals surface area contributed by atoms with E-state index in [-0.39, 0.29) is 23.9 Å². The summed E-state index contributed by atoms with van der Waals surface area (Å²) in [7, 11) is 0. The van der Waals surface area contributed by atoms with Crippen molar-refractivity contribution < 1.29 is 18.4 Å². The van der Waals surface area contributed by atoms with Crippen LogP contribution in [0.25, 0.3) is 11.5 Å². The number of ether oxygens (including phenoxy) is 1. The average molecular weight is 423 g/mol. The molecular weight excluding hydrogens is 401 g/mol. The van der Waals surface area contributed by atoms with E-state index in [1.165, 1.54) is 12.1 Å². The van der Waals surface area contributed by atoms with Crippen molar-refractivity contribution in [1.82, 2.24) is 25.0 Å². The monoisotopic (exact) mass is 423 g/mol. The molecule has 31 heavy (non-hydrogen) atoms. The van der Waals surface area contributed by atoms with Crippen molar-refractivity contribution in [2.75, 3.05) is 6.61 Å². The number of fused-ring (bicyclic) bond motifs is 2. The lowest BCUT2D eigenvalue weighted by molar-refractivity contribution is 0.0704. The van der Waals surface area contributed by atoms with E-state index >= 15 is 0 Å². The fourth-order valence-electron chi connectivity index (χ4n) is 4.67. The molecule has 1 amide bonds. The Bertz CT molecular complexity index is 1120. The molecule has 5 rings (SSSR count). The van der Waals surface area contributed by atoms with E-state index < -0.39 is 5.82 Å². The Hall–Kier alpha value is -3.36. The van der Waals surface area contributed by atoms with Crippen LogP contribution in [-0.4, -0.2) is 49.6 Å². The molecular formula is C22H22FN5O3. The lowest BCUT2D eigenvalue weighted by Crippen LogP contribution is -2.38.